The fourth-order valence-electron chi connectivity index (χ4n) is 2.62. The first-order chi connectivity index (χ1) is 11.1. The van der Waals surface area contributed by atoms with E-state index in [9.17, 15) is 9.18 Å². The first-order valence-electron chi connectivity index (χ1n) is 7.62. The van der Waals surface area contributed by atoms with Crippen molar-refractivity contribution in [2.24, 2.45) is 0 Å². The molecule has 1 amide bonds. The average Bonchev–Trinajstić information content (AvgIpc) is 2.58. The van der Waals surface area contributed by atoms with E-state index in [2.05, 4.69) is 9.97 Å². The Morgan fingerprint density at radius 2 is 2.13 bits per heavy atom. The van der Waals surface area contributed by atoms with E-state index in [0.717, 1.165) is 12.8 Å². The normalized spacial score (nSPS) is 17.8. The van der Waals surface area contributed by atoms with Crippen LogP contribution in [0.3, 0.4) is 0 Å². The minimum absolute atomic E-state index is 0.148. The predicted octanol–water partition coefficient (Wildman–Crippen LogP) is 2.61. The summed E-state index contributed by atoms with van der Waals surface area (Å²) in [4.78, 5) is 22.3. The van der Waals surface area contributed by atoms with Crippen LogP contribution in [-0.2, 0) is 0 Å². The molecule has 2 heterocycles. The molecule has 0 aliphatic carbocycles. The average molecular weight is 315 g/mol. The summed E-state index contributed by atoms with van der Waals surface area (Å²) in [5.41, 5.74) is 0.896. The van der Waals surface area contributed by atoms with Crippen molar-refractivity contribution >= 4 is 5.91 Å². The van der Waals surface area contributed by atoms with Crippen molar-refractivity contribution in [3.63, 3.8) is 0 Å². The summed E-state index contributed by atoms with van der Waals surface area (Å²) >= 11 is 0. The summed E-state index contributed by atoms with van der Waals surface area (Å²) in [6.07, 6.45) is 4.75. The summed E-state index contributed by atoms with van der Waals surface area (Å²) in [7, 11) is 0. The van der Waals surface area contributed by atoms with E-state index in [1.165, 1.54) is 6.07 Å². The lowest BCUT2D eigenvalue weighted by Gasteiger charge is -2.32. The van der Waals surface area contributed by atoms with Gasteiger partial charge < -0.3 is 9.64 Å². The highest BCUT2D eigenvalue weighted by molar-refractivity contribution is 5.94. The molecule has 0 N–H and O–H groups in total. The van der Waals surface area contributed by atoms with Gasteiger partial charge in [0.05, 0.1) is 6.54 Å². The molecule has 1 aromatic carbocycles. The van der Waals surface area contributed by atoms with Crippen LogP contribution >= 0.6 is 0 Å². The van der Waals surface area contributed by atoms with Crippen LogP contribution in [0.4, 0.5) is 4.39 Å². The van der Waals surface area contributed by atoms with Gasteiger partial charge in [0, 0.05) is 24.5 Å². The number of likely N-dealkylation sites (tertiary alicyclic amines) is 1. The molecule has 0 spiro atoms. The Bertz CT molecular complexity index is 693. The number of amides is 1. The second-order valence-electron chi connectivity index (χ2n) is 5.63. The van der Waals surface area contributed by atoms with E-state index in [4.69, 9.17) is 4.74 Å². The first-order valence-corrected chi connectivity index (χ1v) is 7.62. The predicted molar refractivity (Wildman–Crippen MR) is 82.7 cm³/mol. The van der Waals surface area contributed by atoms with Crippen LogP contribution in [0.5, 0.6) is 6.01 Å². The van der Waals surface area contributed by atoms with Gasteiger partial charge in [-0.3, -0.25) is 4.79 Å². The lowest BCUT2D eigenvalue weighted by Crippen LogP contribution is -2.44. The third-order valence-corrected chi connectivity index (χ3v) is 3.90. The number of ether oxygens (including phenoxy) is 1. The van der Waals surface area contributed by atoms with E-state index in [0.29, 0.717) is 30.2 Å². The topological polar surface area (TPSA) is 55.3 Å². The number of hydrogen-bond donors (Lipinski definition) is 0. The molecule has 5 nitrogen and oxygen atoms in total. The van der Waals surface area contributed by atoms with Gasteiger partial charge in [-0.25, -0.2) is 14.4 Å². The second kappa shape index (κ2) is 6.73. The van der Waals surface area contributed by atoms with Crippen molar-refractivity contribution in [1.29, 1.82) is 0 Å². The quantitative estimate of drug-likeness (QED) is 0.873. The van der Waals surface area contributed by atoms with Crippen LogP contribution in [-0.4, -0.2) is 40.0 Å². The van der Waals surface area contributed by atoms with Crippen molar-refractivity contribution in [3.8, 4) is 6.01 Å². The van der Waals surface area contributed by atoms with Crippen LogP contribution in [0, 0.1) is 12.7 Å². The van der Waals surface area contributed by atoms with Crippen LogP contribution in [0.1, 0.15) is 28.8 Å². The van der Waals surface area contributed by atoms with Crippen LogP contribution in [0.2, 0.25) is 0 Å². The number of rotatable bonds is 3. The van der Waals surface area contributed by atoms with Crippen LogP contribution < -0.4 is 4.74 Å². The lowest BCUT2D eigenvalue weighted by molar-refractivity contribution is 0.0515. The van der Waals surface area contributed by atoms with Crippen molar-refractivity contribution in [2.75, 3.05) is 13.1 Å². The molecular formula is C17H18FN3O2. The van der Waals surface area contributed by atoms with Gasteiger partial charge in [0.1, 0.15) is 11.9 Å². The smallest absolute Gasteiger partial charge is 0.316 e. The number of aryl methyl sites for hydroxylation is 1. The fourth-order valence-corrected chi connectivity index (χ4v) is 2.62. The zero-order chi connectivity index (χ0) is 16.2. The lowest BCUT2D eigenvalue weighted by atomic mass is 10.1. The van der Waals surface area contributed by atoms with Gasteiger partial charge in [0.25, 0.3) is 5.91 Å². The molecular weight excluding hydrogens is 297 g/mol. The van der Waals surface area contributed by atoms with Crippen molar-refractivity contribution in [2.45, 2.75) is 25.9 Å². The summed E-state index contributed by atoms with van der Waals surface area (Å²) in [6.45, 7) is 2.77. The number of benzene rings is 1. The van der Waals surface area contributed by atoms with Crippen LogP contribution in [0.25, 0.3) is 0 Å². The van der Waals surface area contributed by atoms with E-state index >= 15 is 0 Å². The third-order valence-electron chi connectivity index (χ3n) is 3.90. The Hall–Kier alpha value is -2.50. The van der Waals surface area contributed by atoms with Gasteiger partial charge in [-0.15, -0.1) is 0 Å². The summed E-state index contributed by atoms with van der Waals surface area (Å²) in [6, 6.07) is 6.61. The minimum atomic E-state index is -0.363. The van der Waals surface area contributed by atoms with Gasteiger partial charge in [-0.2, -0.15) is 0 Å². The number of halogens is 1. The number of carbonyl (C=O) groups is 1. The highest BCUT2D eigenvalue weighted by atomic mass is 19.1. The molecule has 23 heavy (non-hydrogen) atoms. The van der Waals surface area contributed by atoms with E-state index in [-0.39, 0.29) is 17.8 Å². The maximum absolute atomic E-state index is 13.7. The number of nitrogens with zero attached hydrogens (tertiary/aromatic N) is 3. The molecule has 3 rings (SSSR count). The van der Waals surface area contributed by atoms with Crippen molar-refractivity contribution < 1.29 is 13.9 Å². The SMILES string of the molecule is Cc1ccc(C(=O)N2CCCC(Oc3ncccn3)C2)cc1F. The Balaban J connectivity index is 1.68. The summed E-state index contributed by atoms with van der Waals surface area (Å²) in [5, 5.41) is 0. The molecule has 120 valence electrons. The standard InChI is InChI=1S/C17H18FN3O2/c1-12-5-6-13(10-15(12)18)16(22)21-9-2-4-14(11-21)23-17-19-7-3-8-20-17/h3,5-8,10,14H,2,4,9,11H2,1H3. The van der Waals surface area contributed by atoms with Gasteiger partial charge in [-0.05, 0) is 43.5 Å². The Morgan fingerprint density at radius 1 is 1.35 bits per heavy atom. The van der Waals surface area contributed by atoms with Gasteiger partial charge in [-0.1, -0.05) is 6.07 Å². The monoisotopic (exact) mass is 315 g/mol. The van der Waals surface area contributed by atoms with E-state index in [1.807, 2.05) is 0 Å². The molecule has 6 heteroatoms. The molecule has 0 saturated carbocycles. The van der Waals surface area contributed by atoms with Crippen LogP contribution in [0.15, 0.2) is 36.7 Å². The highest BCUT2D eigenvalue weighted by Gasteiger charge is 2.26. The molecule has 2 aromatic rings. The maximum atomic E-state index is 13.7. The third kappa shape index (κ3) is 3.64. The highest BCUT2D eigenvalue weighted by Crippen LogP contribution is 2.18. The molecule has 1 saturated heterocycles. The fraction of sp³-hybridized carbons (Fsp3) is 0.353. The largest absolute Gasteiger partial charge is 0.458 e. The summed E-state index contributed by atoms with van der Waals surface area (Å²) < 4.78 is 19.4. The van der Waals surface area contributed by atoms with E-state index < -0.39 is 0 Å². The minimum Gasteiger partial charge on any atom is -0.458 e. The zero-order valence-corrected chi connectivity index (χ0v) is 12.9. The molecule has 0 radical (unpaired) electrons. The van der Waals surface area contributed by atoms with Crippen molar-refractivity contribution in [3.05, 3.63) is 53.6 Å². The molecule has 1 aliphatic rings. The van der Waals surface area contributed by atoms with Gasteiger partial charge in [0.2, 0.25) is 0 Å². The number of aromatic nitrogens is 2. The second-order valence-corrected chi connectivity index (χ2v) is 5.63. The van der Waals surface area contributed by atoms with Gasteiger partial charge in [0.15, 0.2) is 0 Å². The van der Waals surface area contributed by atoms with Gasteiger partial charge >= 0.3 is 6.01 Å². The molecule has 1 aliphatic heterocycles. The molecule has 0 bridgehead atoms. The molecule has 1 unspecified atom stereocenters. The molecule has 1 atom stereocenters. The Labute approximate surface area is 134 Å². The van der Waals surface area contributed by atoms with Crippen molar-refractivity contribution in [1.82, 2.24) is 14.9 Å². The van der Waals surface area contributed by atoms with E-state index in [1.54, 1.807) is 42.4 Å². The molecule has 1 aromatic heterocycles. The number of piperidine rings is 1. The maximum Gasteiger partial charge on any atom is 0.316 e. The summed E-state index contributed by atoms with van der Waals surface area (Å²) in [5.74, 6) is -0.537. The first kappa shape index (κ1) is 15.4. The Morgan fingerprint density at radius 3 is 2.87 bits per heavy atom. The Kier molecular flexibility index (Phi) is 4.50. The number of hydrogen-bond acceptors (Lipinski definition) is 4. The molecule has 1 fully saturated rings. The zero-order valence-electron chi connectivity index (χ0n) is 12.9. The number of carbonyl (C=O) groups excluding carboxylic acids is 1.